The Kier molecular flexibility index (Phi) is 2.24. The normalized spacial score (nSPS) is 25.2. The van der Waals surface area contributed by atoms with Gasteiger partial charge >= 0.3 is 0 Å². The molecule has 1 aliphatic carbocycles. The molecule has 0 atom stereocenters. The molecule has 10 heavy (non-hydrogen) atoms. The molecule has 0 aromatic carbocycles. The monoisotopic (exact) mass is 150 g/mol. The molecule has 0 heterocycles. The Labute approximate surface area is 59.0 Å². The van der Waals surface area contributed by atoms with Crippen molar-refractivity contribution in [3.8, 4) is 0 Å². The molecule has 1 nitrogen and oxygen atoms in total. The lowest BCUT2D eigenvalue weighted by Crippen LogP contribution is -2.38. The summed E-state index contributed by atoms with van der Waals surface area (Å²) in [6.07, 6.45) is 0.430. The Morgan fingerprint density at radius 1 is 1.10 bits per heavy atom. The van der Waals surface area contributed by atoms with Crippen LogP contribution in [-0.4, -0.2) is 17.1 Å². The van der Waals surface area contributed by atoms with Gasteiger partial charge in [-0.1, -0.05) is 19.3 Å². The summed E-state index contributed by atoms with van der Waals surface area (Å²) in [5.74, 6) is 0. The molecule has 0 radical (unpaired) electrons. The molecule has 0 aromatic rings. The summed E-state index contributed by atoms with van der Waals surface area (Å²) < 4.78 is 24.1. The summed E-state index contributed by atoms with van der Waals surface area (Å²) in [6.45, 7) is 0. The van der Waals surface area contributed by atoms with E-state index in [0.29, 0.717) is 0 Å². The van der Waals surface area contributed by atoms with E-state index in [1.165, 1.54) is 0 Å². The third-order valence-electron chi connectivity index (χ3n) is 2.13. The molecule has 0 aromatic heterocycles. The van der Waals surface area contributed by atoms with E-state index in [4.69, 9.17) is 0 Å². The van der Waals surface area contributed by atoms with Gasteiger partial charge in [0.2, 0.25) is 0 Å². The zero-order chi connectivity index (χ0) is 7.61. The molecule has 3 heteroatoms. The Morgan fingerprint density at radius 3 is 1.90 bits per heavy atom. The third-order valence-corrected chi connectivity index (χ3v) is 2.13. The molecule has 0 saturated heterocycles. The van der Waals surface area contributed by atoms with E-state index in [-0.39, 0.29) is 12.8 Å². The van der Waals surface area contributed by atoms with Gasteiger partial charge in [0.05, 0.1) is 0 Å². The molecule has 0 bridgehead atoms. The largest absolute Gasteiger partial charge is 0.384 e. The molecule has 1 saturated carbocycles. The minimum Gasteiger partial charge on any atom is -0.384 e. The van der Waals surface area contributed by atoms with Crippen LogP contribution in [-0.2, 0) is 0 Å². The van der Waals surface area contributed by atoms with Crippen LogP contribution in [0.25, 0.3) is 0 Å². The molecule has 60 valence electrons. The fraction of sp³-hybridized carbons (Fsp3) is 1.00. The van der Waals surface area contributed by atoms with Gasteiger partial charge in [-0.25, -0.2) is 8.78 Å². The summed E-state index contributed by atoms with van der Waals surface area (Å²) in [4.78, 5) is 0. The fourth-order valence-corrected chi connectivity index (χ4v) is 1.38. The Bertz CT molecular complexity index is 108. The highest BCUT2D eigenvalue weighted by molar-refractivity contribution is 4.84. The van der Waals surface area contributed by atoms with Gasteiger partial charge in [0, 0.05) is 0 Å². The average Bonchev–Trinajstić information content (AvgIpc) is 1.89. The molecule has 1 fully saturated rings. The van der Waals surface area contributed by atoms with Crippen molar-refractivity contribution in [2.75, 3.05) is 0 Å². The highest BCUT2D eigenvalue weighted by Gasteiger charge is 2.38. The Hall–Kier alpha value is -0.180. The minimum atomic E-state index is -2.56. The molecular formula is C7H12F2O. The van der Waals surface area contributed by atoms with Crippen LogP contribution in [0, 0.1) is 0 Å². The summed E-state index contributed by atoms with van der Waals surface area (Å²) in [7, 11) is 0. The van der Waals surface area contributed by atoms with E-state index < -0.39 is 12.0 Å². The van der Waals surface area contributed by atoms with Crippen molar-refractivity contribution < 1.29 is 13.9 Å². The maximum Gasteiger partial charge on any atom is 0.266 e. The number of halogens is 2. The summed E-state index contributed by atoms with van der Waals surface area (Å²) in [5, 5.41) is 9.20. The number of hydrogen-bond donors (Lipinski definition) is 1. The van der Waals surface area contributed by atoms with Crippen LogP contribution >= 0.6 is 0 Å². The molecule has 1 N–H and O–H groups in total. The Morgan fingerprint density at radius 2 is 1.60 bits per heavy atom. The molecule has 1 rings (SSSR count). The zero-order valence-corrected chi connectivity index (χ0v) is 5.82. The number of rotatable bonds is 1. The van der Waals surface area contributed by atoms with Crippen LogP contribution < -0.4 is 0 Å². The average molecular weight is 150 g/mol. The number of hydrogen-bond acceptors (Lipinski definition) is 1. The SMILES string of the molecule is OC1(C(F)F)CCCCC1. The molecule has 0 unspecified atom stereocenters. The van der Waals surface area contributed by atoms with Gasteiger partial charge < -0.3 is 5.11 Å². The van der Waals surface area contributed by atoms with Gasteiger partial charge in [0.15, 0.2) is 0 Å². The smallest absolute Gasteiger partial charge is 0.266 e. The zero-order valence-electron chi connectivity index (χ0n) is 5.82. The van der Waals surface area contributed by atoms with Crippen molar-refractivity contribution in [2.45, 2.75) is 44.1 Å². The van der Waals surface area contributed by atoms with E-state index in [1.807, 2.05) is 0 Å². The molecule has 0 spiro atoms. The van der Waals surface area contributed by atoms with Crippen LogP contribution in [0.1, 0.15) is 32.1 Å². The van der Waals surface area contributed by atoms with Crippen molar-refractivity contribution in [3.63, 3.8) is 0 Å². The van der Waals surface area contributed by atoms with E-state index >= 15 is 0 Å². The third kappa shape index (κ3) is 1.45. The van der Waals surface area contributed by atoms with Crippen LogP contribution in [0.15, 0.2) is 0 Å². The predicted octanol–water partition coefficient (Wildman–Crippen LogP) is 1.95. The number of alkyl halides is 2. The van der Waals surface area contributed by atoms with Crippen LogP contribution in [0.2, 0.25) is 0 Å². The Balaban J connectivity index is 2.48. The van der Waals surface area contributed by atoms with E-state index in [1.54, 1.807) is 0 Å². The summed E-state index contributed by atoms with van der Waals surface area (Å²) in [6, 6.07) is 0. The first-order valence-electron chi connectivity index (χ1n) is 3.66. The second kappa shape index (κ2) is 2.82. The lowest BCUT2D eigenvalue weighted by atomic mass is 9.85. The fourth-order valence-electron chi connectivity index (χ4n) is 1.38. The molecular weight excluding hydrogens is 138 g/mol. The van der Waals surface area contributed by atoms with Crippen molar-refractivity contribution in [3.05, 3.63) is 0 Å². The standard InChI is InChI=1S/C7H12F2O/c8-6(9)7(10)4-2-1-3-5-7/h6,10H,1-5H2. The second-order valence-electron chi connectivity index (χ2n) is 2.96. The van der Waals surface area contributed by atoms with Crippen molar-refractivity contribution in [2.24, 2.45) is 0 Å². The molecule has 0 aliphatic heterocycles. The first kappa shape index (κ1) is 7.92. The van der Waals surface area contributed by atoms with E-state index in [9.17, 15) is 13.9 Å². The van der Waals surface area contributed by atoms with Gasteiger partial charge in [0.1, 0.15) is 5.60 Å². The quantitative estimate of drug-likeness (QED) is 0.605. The first-order chi connectivity index (χ1) is 4.65. The maximum atomic E-state index is 12.1. The topological polar surface area (TPSA) is 20.2 Å². The highest BCUT2D eigenvalue weighted by atomic mass is 19.3. The maximum absolute atomic E-state index is 12.1. The molecule has 0 amide bonds. The van der Waals surface area contributed by atoms with Gasteiger partial charge in [-0.3, -0.25) is 0 Å². The van der Waals surface area contributed by atoms with Crippen LogP contribution in [0.3, 0.4) is 0 Å². The predicted molar refractivity (Wildman–Crippen MR) is 34.0 cm³/mol. The molecule has 1 aliphatic rings. The van der Waals surface area contributed by atoms with Crippen molar-refractivity contribution in [1.82, 2.24) is 0 Å². The summed E-state index contributed by atoms with van der Waals surface area (Å²) in [5.41, 5.74) is -1.65. The second-order valence-corrected chi connectivity index (χ2v) is 2.96. The van der Waals surface area contributed by atoms with E-state index in [0.717, 1.165) is 19.3 Å². The highest BCUT2D eigenvalue weighted by Crippen LogP contribution is 2.32. The van der Waals surface area contributed by atoms with Gasteiger partial charge in [-0.2, -0.15) is 0 Å². The van der Waals surface area contributed by atoms with Crippen molar-refractivity contribution in [1.29, 1.82) is 0 Å². The van der Waals surface area contributed by atoms with Crippen LogP contribution in [0.5, 0.6) is 0 Å². The summed E-state index contributed by atoms with van der Waals surface area (Å²) >= 11 is 0. The lowest BCUT2D eigenvalue weighted by molar-refractivity contribution is -0.116. The minimum absolute atomic E-state index is 0.269. The van der Waals surface area contributed by atoms with E-state index in [2.05, 4.69) is 0 Å². The first-order valence-corrected chi connectivity index (χ1v) is 3.66. The van der Waals surface area contributed by atoms with Crippen molar-refractivity contribution >= 4 is 0 Å². The van der Waals surface area contributed by atoms with Gasteiger partial charge in [-0.05, 0) is 12.8 Å². The van der Waals surface area contributed by atoms with Crippen LogP contribution in [0.4, 0.5) is 8.78 Å². The lowest BCUT2D eigenvalue weighted by Gasteiger charge is -2.30. The van der Waals surface area contributed by atoms with Gasteiger partial charge in [-0.15, -0.1) is 0 Å². The number of aliphatic hydroxyl groups is 1. The van der Waals surface area contributed by atoms with Gasteiger partial charge in [0.25, 0.3) is 6.43 Å².